The van der Waals surface area contributed by atoms with Crippen LogP contribution in [-0.4, -0.2) is 0 Å². The van der Waals surface area contributed by atoms with Crippen LogP contribution in [0, 0.1) is 50.8 Å². The molecule has 172 valence electrons. The van der Waals surface area contributed by atoms with Gasteiger partial charge in [0.15, 0.2) is 0 Å². The van der Waals surface area contributed by atoms with Crippen LogP contribution in [0.15, 0.2) is 60.7 Å². The number of hydrogen-bond donors (Lipinski definition) is 0. The van der Waals surface area contributed by atoms with Gasteiger partial charge in [-0.15, -0.1) is 0 Å². The van der Waals surface area contributed by atoms with E-state index in [4.69, 9.17) is 0 Å². The smallest absolute Gasteiger partial charge is 0.0991 e. The fraction of sp³-hybridized carbons (Fsp3) is 0.103. The van der Waals surface area contributed by atoms with Crippen molar-refractivity contribution < 1.29 is 0 Å². The first-order valence-electron chi connectivity index (χ1n) is 10.7. The molecule has 0 amide bonds. The van der Waals surface area contributed by atoms with Gasteiger partial charge in [-0.05, 0) is 191 Å². The van der Waals surface area contributed by atoms with Crippen LogP contribution in [0.2, 0.25) is 0 Å². The van der Waals surface area contributed by atoms with E-state index in [2.05, 4.69) is 141 Å². The Balaban J connectivity index is 1.69. The maximum absolute atomic E-state index is 9.19. The van der Waals surface area contributed by atoms with Crippen molar-refractivity contribution >= 4 is 90.4 Å². The summed E-state index contributed by atoms with van der Waals surface area (Å²) in [6.07, 6.45) is 0.873. The van der Waals surface area contributed by atoms with Gasteiger partial charge in [-0.1, -0.05) is 18.2 Å². The highest BCUT2D eigenvalue weighted by Gasteiger charge is 2.16. The first-order valence-corrected chi connectivity index (χ1v) is 15.0. The Morgan fingerprint density at radius 2 is 1.09 bits per heavy atom. The average molecular weight is 902 g/mol. The molecule has 0 spiro atoms. The Hall–Kier alpha value is -1.22. The van der Waals surface area contributed by atoms with Gasteiger partial charge in [-0.25, -0.2) is 0 Å². The molecule has 6 heteroatoms. The van der Waals surface area contributed by atoms with E-state index >= 15 is 0 Å². The van der Waals surface area contributed by atoms with E-state index in [1.165, 1.54) is 44.1 Å². The molecule has 0 saturated heterocycles. The van der Waals surface area contributed by atoms with Gasteiger partial charge in [0.1, 0.15) is 0 Å². The molecule has 0 aliphatic heterocycles. The third-order valence-electron chi connectivity index (χ3n) is 5.99. The highest BCUT2D eigenvalue weighted by molar-refractivity contribution is 14.1. The molecule has 0 bridgehead atoms. The Morgan fingerprint density at radius 3 is 1.60 bits per heavy atom. The van der Waals surface area contributed by atoms with E-state index in [9.17, 15) is 10.5 Å². The molecule has 4 rings (SSSR count). The summed E-state index contributed by atoms with van der Waals surface area (Å²) in [6, 6.07) is 25.2. The first kappa shape index (κ1) is 26.8. The van der Waals surface area contributed by atoms with Gasteiger partial charge in [-0.3, -0.25) is 0 Å². The van der Waals surface area contributed by atoms with Gasteiger partial charge in [0.2, 0.25) is 0 Å². The summed E-state index contributed by atoms with van der Waals surface area (Å²) in [4.78, 5) is 0. The highest BCUT2D eigenvalue weighted by Crippen LogP contribution is 2.35. The van der Waals surface area contributed by atoms with Crippen molar-refractivity contribution in [2.45, 2.75) is 20.3 Å². The summed E-state index contributed by atoms with van der Waals surface area (Å²) >= 11 is 9.68. The molecule has 0 radical (unpaired) electrons. The monoisotopic (exact) mass is 902 g/mol. The van der Waals surface area contributed by atoms with Crippen molar-refractivity contribution in [2.75, 3.05) is 0 Å². The van der Waals surface area contributed by atoms with Crippen molar-refractivity contribution in [2.24, 2.45) is 0 Å². The van der Waals surface area contributed by atoms with Crippen molar-refractivity contribution in [1.82, 2.24) is 0 Å². The van der Waals surface area contributed by atoms with E-state index in [1.807, 2.05) is 36.4 Å². The second-order valence-corrected chi connectivity index (χ2v) is 12.9. The number of halogens is 4. The van der Waals surface area contributed by atoms with Gasteiger partial charge >= 0.3 is 0 Å². The molecule has 0 aromatic heterocycles. The number of nitriles is 2. The Bertz CT molecular complexity index is 1400. The lowest BCUT2D eigenvalue weighted by atomic mass is 9.93. The number of benzene rings is 4. The first-order chi connectivity index (χ1) is 16.7. The summed E-state index contributed by atoms with van der Waals surface area (Å²) in [5, 5.41) is 18.4. The van der Waals surface area contributed by atoms with E-state index < -0.39 is 0 Å². The van der Waals surface area contributed by atoms with E-state index in [0.29, 0.717) is 11.1 Å². The predicted molar refractivity (Wildman–Crippen MR) is 176 cm³/mol. The number of aryl methyl sites for hydroxylation is 2. The van der Waals surface area contributed by atoms with Crippen molar-refractivity contribution in [3.63, 3.8) is 0 Å². The summed E-state index contributed by atoms with van der Waals surface area (Å²) in [7, 11) is 0. The zero-order valence-electron chi connectivity index (χ0n) is 18.9. The molecule has 0 aliphatic carbocycles. The lowest BCUT2D eigenvalue weighted by Crippen LogP contribution is -2.02. The molecule has 0 saturated carbocycles. The molecular weight excluding hydrogens is 884 g/mol. The standard InChI is InChI=1S/C29H18I4N2/c1-16-7-18(14-34)3-5-22(16)20-8-17(2)24(27(31)10-20)13-25-28(32)11-21(12-29(25)33)23-6-4-19(15-35)9-26(23)30/h3-12H,13H2,1-2H3. The Labute approximate surface area is 260 Å². The fourth-order valence-electron chi connectivity index (χ4n) is 4.13. The molecule has 0 heterocycles. The fourth-order valence-corrected chi connectivity index (χ4v) is 8.06. The topological polar surface area (TPSA) is 47.6 Å². The zero-order valence-corrected chi connectivity index (χ0v) is 27.5. The average Bonchev–Trinajstić information content (AvgIpc) is 2.82. The molecule has 0 atom stereocenters. The van der Waals surface area contributed by atoms with Gasteiger partial charge in [0.05, 0.1) is 23.3 Å². The minimum absolute atomic E-state index is 0.684. The maximum Gasteiger partial charge on any atom is 0.0991 e. The normalized spacial score (nSPS) is 10.6. The van der Waals surface area contributed by atoms with E-state index in [-0.39, 0.29) is 0 Å². The Morgan fingerprint density at radius 1 is 0.571 bits per heavy atom. The van der Waals surface area contributed by atoms with Crippen LogP contribution in [0.25, 0.3) is 22.3 Å². The number of rotatable bonds is 4. The van der Waals surface area contributed by atoms with Gasteiger partial charge < -0.3 is 0 Å². The molecule has 4 aromatic carbocycles. The molecule has 0 fully saturated rings. The molecule has 2 nitrogen and oxygen atoms in total. The van der Waals surface area contributed by atoms with Crippen molar-refractivity contribution in [1.29, 1.82) is 10.5 Å². The largest absolute Gasteiger partial charge is 0.192 e. The minimum Gasteiger partial charge on any atom is -0.192 e. The summed E-state index contributed by atoms with van der Waals surface area (Å²) in [5.74, 6) is 0. The number of nitrogens with zero attached hydrogens (tertiary/aromatic N) is 2. The minimum atomic E-state index is 0.684. The molecular formula is C29H18I4N2. The van der Waals surface area contributed by atoms with Crippen LogP contribution >= 0.6 is 90.4 Å². The van der Waals surface area contributed by atoms with Gasteiger partial charge in [0, 0.05) is 20.7 Å². The Kier molecular flexibility index (Phi) is 8.78. The second-order valence-electron chi connectivity index (χ2n) is 8.30. The van der Waals surface area contributed by atoms with Crippen LogP contribution in [-0.2, 0) is 6.42 Å². The summed E-state index contributed by atoms with van der Waals surface area (Å²) in [6.45, 7) is 4.25. The molecule has 35 heavy (non-hydrogen) atoms. The predicted octanol–water partition coefficient (Wildman–Crippen LogP) is 9.39. The quantitative estimate of drug-likeness (QED) is 0.192. The van der Waals surface area contributed by atoms with E-state index in [1.54, 1.807) is 0 Å². The van der Waals surface area contributed by atoms with Gasteiger partial charge in [0.25, 0.3) is 0 Å². The van der Waals surface area contributed by atoms with Gasteiger partial charge in [-0.2, -0.15) is 10.5 Å². The summed E-state index contributed by atoms with van der Waals surface area (Å²) in [5.41, 5.74) is 11.1. The zero-order chi connectivity index (χ0) is 25.3. The maximum atomic E-state index is 9.19. The van der Waals surface area contributed by atoms with Crippen molar-refractivity contribution in [3.8, 4) is 34.4 Å². The van der Waals surface area contributed by atoms with Crippen LogP contribution in [0.4, 0.5) is 0 Å². The third-order valence-corrected chi connectivity index (χ3v) is 9.77. The third kappa shape index (κ3) is 5.86. The van der Waals surface area contributed by atoms with Crippen LogP contribution < -0.4 is 0 Å². The SMILES string of the molecule is Cc1cc(C#N)ccc1-c1cc(C)c(Cc2c(I)cc(-c3ccc(C#N)cc3I)cc2I)c(I)c1. The summed E-state index contributed by atoms with van der Waals surface area (Å²) < 4.78 is 4.82. The van der Waals surface area contributed by atoms with Crippen LogP contribution in [0.5, 0.6) is 0 Å². The lowest BCUT2D eigenvalue weighted by Gasteiger charge is -2.16. The second kappa shape index (κ2) is 11.4. The van der Waals surface area contributed by atoms with Crippen LogP contribution in [0.3, 0.4) is 0 Å². The van der Waals surface area contributed by atoms with E-state index in [0.717, 1.165) is 21.1 Å². The molecule has 0 aliphatic rings. The number of hydrogen-bond acceptors (Lipinski definition) is 2. The van der Waals surface area contributed by atoms with Crippen molar-refractivity contribution in [3.05, 3.63) is 108 Å². The highest BCUT2D eigenvalue weighted by atomic mass is 127. The van der Waals surface area contributed by atoms with Crippen LogP contribution in [0.1, 0.15) is 33.4 Å². The molecule has 4 aromatic rings. The lowest BCUT2D eigenvalue weighted by molar-refractivity contribution is 1.12. The molecule has 0 unspecified atom stereocenters. The molecule has 0 N–H and O–H groups in total.